The van der Waals surface area contributed by atoms with Crippen LogP contribution in [0.1, 0.15) is 12.8 Å². The van der Waals surface area contributed by atoms with Crippen LogP contribution in [0.15, 0.2) is 11.4 Å². The molecule has 2 aromatic rings. The third kappa shape index (κ3) is 2.51. The van der Waals surface area contributed by atoms with E-state index in [0.29, 0.717) is 11.3 Å². The Hall–Kier alpha value is -0.520. The molecule has 0 amide bonds. The fourth-order valence-corrected chi connectivity index (χ4v) is 4.04. The van der Waals surface area contributed by atoms with E-state index in [9.17, 15) is 0 Å². The molecule has 3 nitrogen and oxygen atoms in total. The van der Waals surface area contributed by atoms with Crippen molar-refractivity contribution >= 4 is 50.7 Å². The summed E-state index contributed by atoms with van der Waals surface area (Å²) in [5, 5.41) is 6.93. The summed E-state index contributed by atoms with van der Waals surface area (Å²) in [5.41, 5.74) is 0. The highest BCUT2D eigenvalue weighted by Gasteiger charge is 2.16. The molecule has 1 saturated heterocycles. The molecule has 0 saturated carbocycles. The zero-order chi connectivity index (χ0) is 11.7. The lowest BCUT2D eigenvalue weighted by Crippen LogP contribution is -2.26. The first-order valence-electron chi connectivity index (χ1n) is 5.58. The molecule has 90 valence electrons. The average Bonchev–Trinajstić information content (AvgIpc) is 2.78. The highest BCUT2D eigenvalue weighted by atomic mass is 35.5. The molecule has 3 rings (SSSR count). The SMILES string of the molecule is Clc1nc(NC2CCCSC2)c2ccsc2n1. The van der Waals surface area contributed by atoms with E-state index >= 15 is 0 Å². The number of anilines is 1. The van der Waals surface area contributed by atoms with E-state index in [-0.39, 0.29) is 0 Å². The lowest BCUT2D eigenvalue weighted by Gasteiger charge is -2.23. The number of thiophene rings is 1. The lowest BCUT2D eigenvalue weighted by molar-refractivity contribution is 0.683. The highest BCUT2D eigenvalue weighted by molar-refractivity contribution is 7.99. The summed E-state index contributed by atoms with van der Waals surface area (Å²) >= 11 is 9.53. The second-order valence-corrected chi connectivity index (χ2v) is 6.42. The van der Waals surface area contributed by atoms with E-state index in [0.717, 1.165) is 21.8 Å². The number of hydrogen-bond donors (Lipinski definition) is 1. The Kier molecular flexibility index (Phi) is 3.40. The van der Waals surface area contributed by atoms with E-state index in [1.807, 2.05) is 17.1 Å². The van der Waals surface area contributed by atoms with Gasteiger partial charge in [-0.2, -0.15) is 11.8 Å². The highest BCUT2D eigenvalue weighted by Crippen LogP contribution is 2.28. The standard InChI is InChI=1S/C11H12ClN3S2/c12-11-14-9(8-3-5-17-10(8)15-11)13-7-2-1-4-16-6-7/h3,5,7H,1-2,4,6H2,(H,13,14,15). The van der Waals surface area contributed by atoms with Crippen molar-refractivity contribution in [3.05, 3.63) is 16.7 Å². The topological polar surface area (TPSA) is 37.8 Å². The fraction of sp³-hybridized carbons (Fsp3) is 0.455. The Balaban J connectivity index is 1.90. The Morgan fingerprint density at radius 3 is 3.18 bits per heavy atom. The van der Waals surface area contributed by atoms with Crippen LogP contribution in [0.5, 0.6) is 0 Å². The Morgan fingerprint density at radius 2 is 2.35 bits per heavy atom. The van der Waals surface area contributed by atoms with Crippen molar-refractivity contribution in [1.29, 1.82) is 0 Å². The van der Waals surface area contributed by atoms with Gasteiger partial charge in [-0.3, -0.25) is 0 Å². The molecule has 3 heterocycles. The maximum atomic E-state index is 5.94. The predicted octanol–water partition coefficient (Wildman–Crippen LogP) is 3.65. The second kappa shape index (κ2) is 5.00. The van der Waals surface area contributed by atoms with Gasteiger partial charge in [0, 0.05) is 11.8 Å². The molecule has 1 aliphatic rings. The summed E-state index contributed by atoms with van der Waals surface area (Å²) in [6, 6.07) is 2.55. The van der Waals surface area contributed by atoms with Gasteiger partial charge in [-0.05, 0) is 41.6 Å². The second-order valence-electron chi connectivity index (χ2n) is 4.04. The van der Waals surface area contributed by atoms with Crippen LogP contribution < -0.4 is 5.32 Å². The quantitative estimate of drug-likeness (QED) is 0.855. The van der Waals surface area contributed by atoms with Gasteiger partial charge in [0.2, 0.25) is 5.28 Å². The number of nitrogens with one attached hydrogen (secondary N) is 1. The van der Waals surface area contributed by atoms with Crippen molar-refractivity contribution in [2.75, 3.05) is 16.8 Å². The number of rotatable bonds is 2. The van der Waals surface area contributed by atoms with Gasteiger partial charge in [0.15, 0.2) is 0 Å². The van der Waals surface area contributed by atoms with Crippen molar-refractivity contribution < 1.29 is 0 Å². The number of hydrogen-bond acceptors (Lipinski definition) is 5. The zero-order valence-corrected chi connectivity index (χ0v) is 11.5. The van der Waals surface area contributed by atoms with Crippen molar-refractivity contribution in [2.24, 2.45) is 0 Å². The van der Waals surface area contributed by atoms with E-state index in [4.69, 9.17) is 11.6 Å². The van der Waals surface area contributed by atoms with Crippen LogP contribution in [0, 0.1) is 0 Å². The zero-order valence-electron chi connectivity index (χ0n) is 9.15. The Bertz CT molecular complexity index is 522. The molecule has 1 atom stereocenters. The third-order valence-corrected chi connectivity index (χ3v) is 4.99. The van der Waals surface area contributed by atoms with Crippen LogP contribution in [0.3, 0.4) is 0 Å². The summed E-state index contributed by atoms with van der Waals surface area (Å²) < 4.78 is 0. The maximum Gasteiger partial charge on any atom is 0.225 e. The summed E-state index contributed by atoms with van der Waals surface area (Å²) in [4.78, 5) is 9.48. The van der Waals surface area contributed by atoms with Crippen LogP contribution in [-0.4, -0.2) is 27.5 Å². The molecule has 1 N–H and O–H groups in total. The van der Waals surface area contributed by atoms with Gasteiger partial charge < -0.3 is 5.32 Å². The Labute approximate surface area is 113 Å². The third-order valence-electron chi connectivity index (χ3n) is 2.80. The smallest absolute Gasteiger partial charge is 0.225 e. The molecule has 2 aromatic heterocycles. The number of aromatic nitrogens is 2. The van der Waals surface area contributed by atoms with Crippen molar-refractivity contribution in [1.82, 2.24) is 9.97 Å². The number of nitrogens with zero attached hydrogens (tertiary/aromatic N) is 2. The minimum absolute atomic E-state index is 0.325. The molecule has 0 aromatic carbocycles. The van der Waals surface area contributed by atoms with E-state index < -0.39 is 0 Å². The van der Waals surface area contributed by atoms with Crippen molar-refractivity contribution in [3.63, 3.8) is 0 Å². The monoisotopic (exact) mass is 285 g/mol. The average molecular weight is 286 g/mol. The van der Waals surface area contributed by atoms with Crippen LogP contribution in [0.2, 0.25) is 5.28 Å². The number of halogens is 1. The molecule has 0 spiro atoms. The predicted molar refractivity (Wildman–Crippen MR) is 76.4 cm³/mol. The van der Waals surface area contributed by atoms with Gasteiger partial charge in [-0.1, -0.05) is 0 Å². The molecular weight excluding hydrogens is 274 g/mol. The minimum Gasteiger partial charge on any atom is -0.366 e. The molecule has 6 heteroatoms. The minimum atomic E-state index is 0.325. The number of thioether (sulfide) groups is 1. The largest absolute Gasteiger partial charge is 0.366 e. The van der Waals surface area contributed by atoms with E-state index in [1.54, 1.807) is 11.3 Å². The molecule has 0 bridgehead atoms. The molecular formula is C11H12ClN3S2. The molecule has 0 radical (unpaired) electrons. The summed E-state index contributed by atoms with van der Waals surface area (Å²) in [7, 11) is 0. The molecule has 1 fully saturated rings. The molecule has 1 unspecified atom stereocenters. The van der Waals surface area contributed by atoms with Crippen LogP contribution in [0.4, 0.5) is 5.82 Å². The van der Waals surface area contributed by atoms with Gasteiger partial charge in [-0.15, -0.1) is 11.3 Å². The van der Waals surface area contributed by atoms with Crippen LogP contribution >= 0.6 is 34.7 Å². The van der Waals surface area contributed by atoms with Crippen molar-refractivity contribution in [2.45, 2.75) is 18.9 Å². The normalized spacial score (nSPS) is 20.6. The summed E-state index contributed by atoms with van der Waals surface area (Å²) in [6.45, 7) is 0. The fourth-order valence-electron chi connectivity index (χ4n) is 1.99. The van der Waals surface area contributed by atoms with Gasteiger partial charge in [-0.25, -0.2) is 9.97 Å². The summed E-state index contributed by atoms with van der Waals surface area (Å²) in [5.74, 6) is 3.30. The van der Waals surface area contributed by atoms with Crippen LogP contribution in [0.25, 0.3) is 10.2 Å². The Morgan fingerprint density at radius 1 is 1.41 bits per heavy atom. The first-order valence-corrected chi connectivity index (χ1v) is 7.99. The maximum absolute atomic E-state index is 5.94. The van der Waals surface area contributed by atoms with E-state index in [1.165, 1.54) is 18.6 Å². The number of fused-ring (bicyclic) bond motifs is 1. The van der Waals surface area contributed by atoms with Crippen molar-refractivity contribution in [3.8, 4) is 0 Å². The van der Waals surface area contributed by atoms with Crippen LogP contribution in [-0.2, 0) is 0 Å². The molecule has 1 aliphatic heterocycles. The lowest BCUT2D eigenvalue weighted by atomic mass is 10.2. The summed E-state index contributed by atoms with van der Waals surface area (Å²) in [6.07, 6.45) is 2.48. The van der Waals surface area contributed by atoms with Gasteiger partial charge in [0.05, 0.1) is 5.39 Å². The van der Waals surface area contributed by atoms with E-state index in [2.05, 4.69) is 21.4 Å². The van der Waals surface area contributed by atoms with Gasteiger partial charge >= 0.3 is 0 Å². The first-order chi connectivity index (χ1) is 8.33. The molecule has 0 aliphatic carbocycles. The van der Waals surface area contributed by atoms with Gasteiger partial charge in [0.25, 0.3) is 0 Å². The first kappa shape index (κ1) is 11.6. The van der Waals surface area contributed by atoms with Gasteiger partial charge in [0.1, 0.15) is 10.6 Å². The molecule has 17 heavy (non-hydrogen) atoms.